The molecule has 3 N–H and O–H groups in total. The third kappa shape index (κ3) is 1.44. The van der Waals surface area contributed by atoms with Gasteiger partial charge in [0.1, 0.15) is 5.75 Å². The zero-order valence-electron chi connectivity index (χ0n) is 7.69. The van der Waals surface area contributed by atoms with Crippen LogP contribution in [-0.4, -0.2) is 10.1 Å². The van der Waals surface area contributed by atoms with Crippen molar-refractivity contribution >= 4 is 16.5 Å². The fraction of sp³-hybridized carbons (Fsp3) is 0.100. The fourth-order valence-corrected chi connectivity index (χ4v) is 2.04. The highest BCUT2D eigenvalue weighted by Gasteiger charge is 2.10. The molecule has 0 saturated carbocycles. The summed E-state index contributed by atoms with van der Waals surface area (Å²) in [6.07, 6.45) is 0. The van der Waals surface area contributed by atoms with E-state index >= 15 is 0 Å². The van der Waals surface area contributed by atoms with E-state index in [-0.39, 0.29) is 5.75 Å². The number of nitrogens with zero attached hydrogens (tertiary/aromatic N) is 1. The molecule has 4 heteroatoms. The molecular weight excluding hydrogens is 196 g/mol. The van der Waals surface area contributed by atoms with Gasteiger partial charge in [-0.15, -0.1) is 11.3 Å². The number of phenols is 1. The molecule has 0 unspecified atom stereocenters. The van der Waals surface area contributed by atoms with Gasteiger partial charge in [0.05, 0.1) is 5.69 Å². The second-order valence-corrected chi connectivity index (χ2v) is 4.21. The molecule has 1 heterocycles. The Labute approximate surface area is 85.8 Å². The number of nitrogen functional groups attached to an aromatic ring is 1. The highest BCUT2D eigenvalue weighted by molar-refractivity contribution is 7.15. The van der Waals surface area contributed by atoms with Crippen molar-refractivity contribution in [3.8, 4) is 17.0 Å². The number of thiazole rings is 1. The zero-order valence-corrected chi connectivity index (χ0v) is 8.51. The number of hydrogen-bond donors (Lipinski definition) is 2. The minimum absolute atomic E-state index is 0.237. The summed E-state index contributed by atoms with van der Waals surface area (Å²) in [6, 6.07) is 7.12. The minimum Gasteiger partial charge on any atom is -0.507 e. The van der Waals surface area contributed by atoms with Crippen LogP contribution in [0.5, 0.6) is 5.75 Å². The molecule has 0 bridgehead atoms. The molecular formula is C10H10N2OS. The Morgan fingerprint density at radius 1 is 1.36 bits per heavy atom. The van der Waals surface area contributed by atoms with Gasteiger partial charge in [0.2, 0.25) is 0 Å². The Kier molecular flexibility index (Phi) is 2.13. The molecule has 1 aromatic heterocycles. The summed E-state index contributed by atoms with van der Waals surface area (Å²) in [5, 5.41) is 10.1. The van der Waals surface area contributed by atoms with Crippen molar-refractivity contribution < 1.29 is 5.11 Å². The first-order valence-electron chi connectivity index (χ1n) is 4.20. The van der Waals surface area contributed by atoms with Crippen molar-refractivity contribution in [1.82, 2.24) is 4.98 Å². The molecule has 0 aliphatic rings. The van der Waals surface area contributed by atoms with Gasteiger partial charge < -0.3 is 10.8 Å². The molecule has 72 valence electrons. The van der Waals surface area contributed by atoms with Gasteiger partial charge in [-0.2, -0.15) is 0 Å². The van der Waals surface area contributed by atoms with E-state index in [4.69, 9.17) is 5.73 Å². The Balaban J connectivity index is 2.60. The molecule has 0 saturated heterocycles. The summed E-state index contributed by atoms with van der Waals surface area (Å²) in [7, 11) is 0. The first-order chi connectivity index (χ1) is 6.68. The Morgan fingerprint density at radius 2 is 2.07 bits per heavy atom. The van der Waals surface area contributed by atoms with E-state index < -0.39 is 0 Å². The molecule has 2 aromatic rings. The van der Waals surface area contributed by atoms with Crippen LogP contribution in [0.4, 0.5) is 5.13 Å². The van der Waals surface area contributed by atoms with Crippen LogP contribution < -0.4 is 5.73 Å². The number of aromatic nitrogens is 1. The van der Waals surface area contributed by atoms with Crippen LogP contribution in [0.25, 0.3) is 11.3 Å². The molecule has 0 fully saturated rings. The normalized spacial score (nSPS) is 10.4. The van der Waals surface area contributed by atoms with Gasteiger partial charge in [-0.05, 0) is 19.1 Å². The van der Waals surface area contributed by atoms with E-state index in [9.17, 15) is 5.11 Å². The molecule has 0 spiro atoms. The second kappa shape index (κ2) is 3.31. The van der Waals surface area contributed by atoms with E-state index in [0.717, 1.165) is 16.1 Å². The first-order valence-corrected chi connectivity index (χ1v) is 5.01. The number of phenolic OH excluding ortho intramolecular Hbond substituents is 1. The molecule has 1 aromatic carbocycles. The summed E-state index contributed by atoms with van der Waals surface area (Å²) >= 11 is 1.43. The Hall–Kier alpha value is -1.55. The highest BCUT2D eigenvalue weighted by atomic mass is 32.1. The van der Waals surface area contributed by atoms with Crippen LogP contribution in [0, 0.1) is 6.92 Å². The van der Waals surface area contributed by atoms with Gasteiger partial charge in [-0.1, -0.05) is 12.1 Å². The number of anilines is 1. The van der Waals surface area contributed by atoms with Crippen molar-refractivity contribution in [3.05, 3.63) is 29.1 Å². The summed E-state index contributed by atoms with van der Waals surface area (Å²) < 4.78 is 0. The predicted molar refractivity (Wildman–Crippen MR) is 58.4 cm³/mol. The third-order valence-electron chi connectivity index (χ3n) is 1.97. The van der Waals surface area contributed by atoms with E-state index in [0.29, 0.717) is 5.13 Å². The maximum absolute atomic E-state index is 9.62. The number of rotatable bonds is 1. The largest absolute Gasteiger partial charge is 0.507 e. The van der Waals surface area contributed by atoms with E-state index in [1.54, 1.807) is 12.1 Å². The molecule has 0 atom stereocenters. The number of benzene rings is 1. The fourth-order valence-electron chi connectivity index (χ4n) is 1.34. The number of nitrogens with two attached hydrogens (primary N) is 1. The molecule has 2 rings (SSSR count). The van der Waals surface area contributed by atoms with Gasteiger partial charge >= 0.3 is 0 Å². The van der Waals surface area contributed by atoms with E-state index in [2.05, 4.69) is 4.98 Å². The molecule has 0 amide bonds. The summed E-state index contributed by atoms with van der Waals surface area (Å²) in [6.45, 7) is 1.94. The van der Waals surface area contributed by atoms with Crippen LogP contribution in [0.3, 0.4) is 0 Å². The summed E-state index contributed by atoms with van der Waals surface area (Å²) in [5.74, 6) is 0.237. The maximum atomic E-state index is 9.62. The molecule has 0 radical (unpaired) electrons. The SMILES string of the molecule is Cc1sc(N)nc1-c1ccccc1O. The van der Waals surface area contributed by atoms with Gasteiger partial charge in [-0.3, -0.25) is 0 Å². The monoisotopic (exact) mass is 206 g/mol. The van der Waals surface area contributed by atoms with Crippen molar-refractivity contribution in [2.45, 2.75) is 6.92 Å². The Morgan fingerprint density at radius 3 is 2.64 bits per heavy atom. The zero-order chi connectivity index (χ0) is 10.1. The van der Waals surface area contributed by atoms with E-state index in [1.807, 2.05) is 19.1 Å². The quantitative estimate of drug-likeness (QED) is 0.753. The maximum Gasteiger partial charge on any atom is 0.180 e. The topological polar surface area (TPSA) is 59.1 Å². The van der Waals surface area contributed by atoms with Gasteiger partial charge in [-0.25, -0.2) is 4.98 Å². The standard InChI is InChI=1S/C10H10N2OS/c1-6-9(12-10(11)14-6)7-4-2-3-5-8(7)13/h2-5,13H,1H3,(H2,11,12). The van der Waals surface area contributed by atoms with Crippen molar-refractivity contribution in [2.75, 3.05) is 5.73 Å². The van der Waals surface area contributed by atoms with Crippen molar-refractivity contribution in [1.29, 1.82) is 0 Å². The summed E-state index contributed by atoms with van der Waals surface area (Å²) in [5.41, 5.74) is 7.10. The lowest BCUT2D eigenvalue weighted by Crippen LogP contribution is -1.84. The molecule has 14 heavy (non-hydrogen) atoms. The van der Waals surface area contributed by atoms with Crippen LogP contribution in [-0.2, 0) is 0 Å². The summed E-state index contributed by atoms with van der Waals surface area (Å²) in [4.78, 5) is 5.20. The predicted octanol–water partition coefficient (Wildman–Crippen LogP) is 2.41. The number of aryl methyl sites for hydroxylation is 1. The lowest BCUT2D eigenvalue weighted by Gasteiger charge is -2.00. The number of para-hydroxylation sites is 1. The average Bonchev–Trinajstić information content (AvgIpc) is 2.46. The first kappa shape index (κ1) is 9.02. The molecule has 0 aliphatic carbocycles. The van der Waals surface area contributed by atoms with Crippen LogP contribution >= 0.6 is 11.3 Å². The number of aromatic hydroxyl groups is 1. The van der Waals surface area contributed by atoms with Crippen molar-refractivity contribution in [3.63, 3.8) is 0 Å². The third-order valence-corrected chi connectivity index (χ3v) is 2.77. The van der Waals surface area contributed by atoms with E-state index in [1.165, 1.54) is 11.3 Å². The Bertz CT molecular complexity index is 465. The van der Waals surface area contributed by atoms with Crippen LogP contribution in [0.15, 0.2) is 24.3 Å². The lowest BCUT2D eigenvalue weighted by molar-refractivity contribution is 0.477. The highest BCUT2D eigenvalue weighted by Crippen LogP contribution is 2.33. The smallest absolute Gasteiger partial charge is 0.180 e. The average molecular weight is 206 g/mol. The van der Waals surface area contributed by atoms with Gasteiger partial charge in [0.25, 0.3) is 0 Å². The number of hydrogen-bond acceptors (Lipinski definition) is 4. The lowest BCUT2D eigenvalue weighted by atomic mass is 10.1. The molecule has 0 aliphatic heterocycles. The van der Waals surface area contributed by atoms with Gasteiger partial charge in [0, 0.05) is 10.4 Å². The second-order valence-electron chi connectivity index (χ2n) is 2.97. The minimum atomic E-state index is 0.237. The van der Waals surface area contributed by atoms with Gasteiger partial charge in [0.15, 0.2) is 5.13 Å². The molecule has 3 nitrogen and oxygen atoms in total. The van der Waals surface area contributed by atoms with Crippen molar-refractivity contribution in [2.24, 2.45) is 0 Å². The van der Waals surface area contributed by atoms with Crippen LogP contribution in [0.1, 0.15) is 4.88 Å². The van der Waals surface area contributed by atoms with Crippen LogP contribution in [0.2, 0.25) is 0 Å².